The molecule has 8 heteroatoms. The van der Waals surface area contributed by atoms with Gasteiger partial charge in [-0.2, -0.15) is 0 Å². The maximum Gasteiger partial charge on any atom is 0.276 e. The van der Waals surface area contributed by atoms with Crippen LogP contribution < -0.4 is 18.9 Å². The molecule has 0 saturated heterocycles. The number of nitrogens with zero attached hydrogens (tertiary/aromatic N) is 2. The molecule has 0 unspecified atom stereocenters. The molecule has 0 aliphatic heterocycles. The van der Waals surface area contributed by atoms with Crippen molar-refractivity contribution in [1.82, 2.24) is 10.2 Å². The number of rotatable bonds is 10. The highest BCUT2D eigenvalue weighted by molar-refractivity contribution is 7.99. The highest BCUT2D eigenvalue weighted by atomic mass is 32.2. The summed E-state index contributed by atoms with van der Waals surface area (Å²) in [6, 6.07) is 13.0. The van der Waals surface area contributed by atoms with E-state index in [0.29, 0.717) is 47.1 Å². The van der Waals surface area contributed by atoms with Crippen LogP contribution in [0.3, 0.4) is 0 Å². The van der Waals surface area contributed by atoms with Crippen LogP contribution in [0.4, 0.5) is 0 Å². The Bertz CT molecular complexity index is 883. The monoisotopic (exact) mass is 402 g/mol. The van der Waals surface area contributed by atoms with E-state index < -0.39 is 0 Å². The normalized spacial score (nSPS) is 10.5. The zero-order valence-electron chi connectivity index (χ0n) is 16.0. The Hall–Kier alpha value is -2.87. The Morgan fingerprint density at radius 2 is 1.61 bits per heavy atom. The van der Waals surface area contributed by atoms with Gasteiger partial charge < -0.3 is 23.4 Å². The van der Waals surface area contributed by atoms with E-state index in [1.807, 2.05) is 43.3 Å². The summed E-state index contributed by atoms with van der Waals surface area (Å²) in [6.07, 6.45) is 0. The molecule has 2 aromatic carbocycles. The van der Waals surface area contributed by atoms with Crippen LogP contribution in [0.1, 0.15) is 6.92 Å². The van der Waals surface area contributed by atoms with E-state index in [9.17, 15) is 0 Å². The first-order chi connectivity index (χ1) is 13.7. The Labute approximate surface area is 168 Å². The van der Waals surface area contributed by atoms with Crippen molar-refractivity contribution < 1.29 is 23.4 Å². The summed E-state index contributed by atoms with van der Waals surface area (Å²) in [5.74, 6) is 4.00. The van der Waals surface area contributed by atoms with Crippen molar-refractivity contribution in [2.75, 3.05) is 33.2 Å². The summed E-state index contributed by atoms with van der Waals surface area (Å²) in [4.78, 5) is 0. The Morgan fingerprint density at radius 3 is 2.29 bits per heavy atom. The Kier molecular flexibility index (Phi) is 7.02. The van der Waals surface area contributed by atoms with Gasteiger partial charge in [0.2, 0.25) is 0 Å². The molecule has 0 saturated carbocycles. The van der Waals surface area contributed by atoms with E-state index in [2.05, 4.69) is 10.2 Å². The molecule has 0 atom stereocenters. The minimum atomic E-state index is 0.398. The van der Waals surface area contributed by atoms with Gasteiger partial charge in [0.1, 0.15) is 23.0 Å². The third kappa shape index (κ3) is 5.10. The van der Waals surface area contributed by atoms with Gasteiger partial charge in [0.15, 0.2) is 0 Å². The first-order valence-electron chi connectivity index (χ1n) is 8.78. The third-order valence-corrected chi connectivity index (χ3v) is 4.54. The highest BCUT2D eigenvalue weighted by Crippen LogP contribution is 2.33. The second-order valence-electron chi connectivity index (χ2n) is 5.54. The van der Waals surface area contributed by atoms with Gasteiger partial charge in [0.05, 0.1) is 33.0 Å². The van der Waals surface area contributed by atoms with Crippen LogP contribution >= 0.6 is 11.8 Å². The van der Waals surface area contributed by atoms with Crippen LogP contribution in [0.5, 0.6) is 23.0 Å². The number of methoxy groups -OCH3 is 2. The van der Waals surface area contributed by atoms with Gasteiger partial charge in [-0.1, -0.05) is 11.8 Å². The lowest BCUT2D eigenvalue weighted by molar-refractivity contribution is 0.332. The minimum absolute atomic E-state index is 0.398. The van der Waals surface area contributed by atoms with E-state index in [-0.39, 0.29) is 0 Å². The summed E-state index contributed by atoms with van der Waals surface area (Å²) in [7, 11) is 3.19. The quantitative estimate of drug-likeness (QED) is 0.366. The molecule has 1 heterocycles. The van der Waals surface area contributed by atoms with Gasteiger partial charge in [-0.25, -0.2) is 0 Å². The van der Waals surface area contributed by atoms with Crippen LogP contribution in [0.25, 0.3) is 11.5 Å². The number of aromatic nitrogens is 2. The van der Waals surface area contributed by atoms with Crippen molar-refractivity contribution in [2.24, 2.45) is 0 Å². The number of thioether (sulfide) groups is 1. The molecule has 0 aliphatic carbocycles. The van der Waals surface area contributed by atoms with Gasteiger partial charge in [-0.05, 0) is 43.3 Å². The fourth-order valence-electron chi connectivity index (χ4n) is 2.44. The zero-order chi connectivity index (χ0) is 19.8. The van der Waals surface area contributed by atoms with Crippen molar-refractivity contribution in [1.29, 1.82) is 0 Å². The van der Waals surface area contributed by atoms with Crippen LogP contribution in [0.15, 0.2) is 52.1 Å². The van der Waals surface area contributed by atoms with E-state index in [4.69, 9.17) is 23.4 Å². The van der Waals surface area contributed by atoms with Crippen molar-refractivity contribution in [3.63, 3.8) is 0 Å². The van der Waals surface area contributed by atoms with Crippen LogP contribution in [0, 0.1) is 0 Å². The molecule has 7 nitrogen and oxygen atoms in total. The zero-order valence-corrected chi connectivity index (χ0v) is 16.8. The van der Waals surface area contributed by atoms with Gasteiger partial charge in [0.25, 0.3) is 11.1 Å². The second-order valence-corrected chi connectivity index (χ2v) is 6.59. The summed E-state index contributed by atoms with van der Waals surface area (Å²) in [6.45, 7) is 3.11. The molecular formula is C20H22N2O5S. The molecule has 0 radical (unpaired) electrons. The summed E-state index contributed by atoms with van der Waals surface area (Å²) >= 11 is 1.43. The molecule has 3 aromatic rings. The first kappa shape index (κ1) is 19.9. The van der Waals surface area contributed by atoms with Crippen LogP contribution in [-0.2, 0) is 0 Å². The Morgan fingerprint density at radius 1 is 0.893 bits per heavy atom. The van der Waals surface area contributed by atoms with Gasteiger partial charge in [-0.15, -0.1) is 10.2 Å². The van der Waals surface area contributed by atoms with Crippen molar-refractivity contribution in [2.45, 2.75) is 12.1 Å². The van der Waals surface area contributed by atoms with Crippen LogP contribution in [-0.4, -0.2) is 43.4 Å². The molecule has 0 N–H and O–H groups in total. The fraction of sp³-hybridized carbons (Fsp3) is 0.300. The third-order valence-electron chi connectivity index (χ3n) is 3.76. The SMILES string of the molecule is CCOc1ccc(OCCSc2nnc(-c3ccc(OC)cc3OC)o2)cc1. The molecule has 0 aliphatic rings. The lowest BCUT2D eigenvalue weighted by Crippen LogP contribution is -2.00. The summed E-state index contributed by atoms with van der Waals surface area (Å²) in [5, 5.41) is 8.65. The minimum Gasteiger partial charge on any atom is -0.497 e. The van der Waals surface area contributed by atoms with Gasteiger partial charge in [0, 0.05) is 11.8 Å². The topological polar surface area (TPSA) is 75.8 Å². The maximum atomic E-state index is 5.73. The maximum absolute atomic E-state index is 5.73. The van der Waals surface area contributed by atoms with Gasteiger partial charge in [-0.3, -0.25) is 0 Å². The number of benzene rings is 2. The predicted molar refractivity (Wildman–Crippen MR) is 107 cm³/mol. The molecule has 1 aromatic heterocycles. The van der Waals surface area contributed by atoms with E-state index in [0.717, 1.165) is 11.5 Å². The molecular weight excluding hydrogens is 380 g/mol. The summed E-state index contributed by atoms with van der Waals surface area (Å²) < 4.78 is 27.4. The average Bonchev–Trinajstić information content (AvgIpc) is 3.20. The average molecular weight is 402 g/mol. The van der Waals surface area contributed by atoms with Crippen molar-refractivity contribution >= 4 is 11.8 Å². The first-order valence-corrected chi connectivity index (χ1v) is 9.76. The molecule has 0 spiro atoms. The van der Waals surface area contributed by atoms with Gasteiger partial charge >= 0.3 is 0 Å². The molecule has 148 valence electrons. The number of hydrogen-bond donors (Lipinski definition) is 0. The molecule has 28 heavy (non-hydrogen) atoms. The highest BCUT2D eigenvalue weighted by Gasteiger charge is 2.14. The number of ether oxygens (including phenoxy) is 4. The molecule has 0 bridgehead atoms. The molecule has 0 amide bonds. The standard InChI is InChI=1S/C20H22N2O5S/c1-4-25-14-5-7-15(8-6-14)26-11-12-28-20-22-21-19(27-20)17-10-9-16(23-2)13-18(17)24-3/h5-10,13H,4,11-12H2,1-3H3. The van der Waals surface area contributed by atoms with Crippen LogP contribution in [0.2, 0.25) is 0 Å². The lowest BCUT2D eigenvalue weighted by Gasteiger charge is -2.07. The predicted octanol–water partition coefficient (Wildman–Crippen LogP) is 4.32. The fourth-order valence-corrected chi connectivity index (χ4v) is 3.02. The smallest absolute Gasteiger partial charge is 0.276 e. The molecule has 0 fully saturated rings. The van der Waals surface area contributed by atoms with Crippen molar-refractivity contribution in [3.05, 3.63) is 42.5 Å². The second kappa shape index (κ2) is 9.89. The lowest BCUT2D eigenvalue weighted by atomic mass is 10.2. The summed E-state index contributed by atoms with van der Waals surface area (Å²) in [5.41, 5.74) is 0.716. The van der Waals surface area contributed by atoms with E-state index in [1.165, 1.54) is 11.8 Å². The van der Waals surface area contributed by atoms with Crippen molar-refractivity contribution in [3.8, 4) is 34.5 Å². The van der Waals surface area contributed by atoms with E-state index >= 15 is 0 Å². The molecule has 3 rings (SSSR count). The largest absolute Gasteiger partial charge is 0.497 e. The van der Waals surface area contributed by atoms with E-state index in [1.54, 1.807) is 20.3 Å². The Balaban J connectivity index is 1.52. The number of hydrogen-bond acceptors (Lipinski definition) is 8.